The number of nitrogens with zero attached hydrogens (tertiary/aromatic N) is 3. The van der Waals surface area contributed by atoms with Crippen LogP contribution < -0.4 is 0 Å². The highest BCUT2D eigenvalue weighted by Crippen LogP contribution is 2.20. The topological polar surface area (TPSA) is 54.5 Å². The fourth-order valence-electron chi connectivity index (χ4n) is 0.860. The fraction of sp³-hybridized carbons (Fsp3) is 0.167. The lowest BCUT2D eigenvalue weighted by molar-refractivity contribution is 0.881. The number of aromatic nitrogens is 4. The van der Waals surface area contributed by atoms with Crippen molar-refractivity contribution in [2.45, 2.75) is 6.42 Å². The molecule has 0 saturated heterocycles. The third-order valence-electron chi connectivity index (χ3n) is 1.34. The maximum Gasteiger partial charge on any atom is 0.179 e. The van der Waals surface area contributed by atoms with Crippen LogP contribution in [0.15, 0.2) is 15.9 Å². The molecule has 2 aromatic heterocycles. The van der Waals surface area contributed by atoms with Crippen LogP contribution in [0.1, 0.15) is 10.7 Å². The van der Waals surface area contributed by atoms with Gasteiger partial charge in [-0.25, -0.2) is 0 Å². The number of aromatic amines is 1. The van der Waals surface area contributed by atoms with E-state index in [1.165, 1.54) is 4.88 Å². The maximum absolute atomic E-state index is 3.86. The van der Waals surface area contributed by atoms with E-state index in [4.69, 9.17) is 0 Å². The van der Waals surface area contributed by atoms with Gasteiger partial charge in [-0.3, -0.25) is 0 Å². The zero-order chi connectivity index (χ0) is 8.39. The van der Waals surface area contributed by atoms with E-state index < -0.39 is 0 Å². The first-order valence-corrected chi connectivity index (χ1v) is 4.97. The van der Waals surface area contributed by atoms with Gasteiger partial charge in [0.15, 0.2) is 5.82 Å². The van der Waals surface area contributed by atoms with Crippen LogP contribution in [0.25, 0.3) is 0 Å². The van der Waals surface area contributed by atoms with Gasteiger partial charge in [0.2, 0.25) is 0 Å². The molecule has 0 spiro atoms. The van der Waals surface area contributed by atoms with Crippen LogP contribution in [-0.4, -0.2) is 20.6 Å². The molecule has 0 aliphatic rings. The summed E-state index contributed by atoms with van der Waals surface area (Å²) >= 11 is 5.06. The van der Waals surface area contributed by atoms with Crippen molar-refractivity contribution in [3.63, 3.8) is 0 Å². The monoisotopic (exact) mass is 244 g/mol. The minimum Gasteiger partial charge on any atom is -0.177 e. The van der Waals surface area contributed by atoms with Crippen LogP contribution in [0, 0.1) is 0 Å². The Morgan fingerprint density at radius 1 is 1.58 bits per heavy atom. The van der Waals surface area contributed by atoms with Crippen molar-refractivity contribution in [2.24, 2.45) is 0 Å². The van der Waals surface area contributed by atoms with Crippen molar-refractivity contribution < 1.29 is 0 Å². The Morgan fingerprint density at radius 2 is 2.50 bits per heavy atom. The van der Waals surface area contributed by atoms with Gasteiger partial charge in [-0.1, -0.05) is 5.21 Å². The Hall–Kier alpha value is -0.750. The van der Waals surface area contributed by atoms with Gasteiger partial charge in [0.05, 0.1) is 0 Å². The fourth-order valence-corrected chi connectivity index (χ4v) is 2.31. The molecule has 62 valence electrons. The molecule has 0 amide bonds. The van der Waals surface area contributed by atoms with E-state index in [1.54, 1.807) is 11.3 Å². The Labute approximate surface area is 81.1 Å². The van der Waals surface area contributed by atoms with Crippen molar-refractivity contribution >= 4 is 27.3 Å². The van der Waals surface area contributed by atoms with Crippen LogP contribution in [0.3, 0.4) is 0 Å². The highest BCUT2D eigenvalue weighted by molar-refractivity contribution is 9.10. The van der Waals surface area contributed by atoms with Crippen LogP contribution in [0.4, 0.5) is 0 Å². The van der Waals surface area contributed by atoms with Gasteiger partial charge in [-0.2, -0.15) is 5.21 Å². The van der Waals surface area contributed by atoms with Gasteiger partial charge >= 0.3 is 0 Å². The predicted octanol–water partition coefficient (Wildman–Crippen LogP) is 1.61. The van der Waals surface area contributed by atoms with Gasteiger partial charge in [0, 0.05) is 21.2 Å². The summed E-state index contributed by atoms with van der Waals surface area (Å²) in [4.78, 5) is 1.23. The summed E-state index contributed by atoms with van der Waals surface area (Å²) in [6.45, 7) is 0. The Kier molecular flexibility index (Phi) is 2.18. The molecule has 4 nitrogen and oxygen atoms in total. The molecule has 0 radical (unpaired) electrons. The zero-order valence-electron chi connectivity index (χ0n) is 5.99. The lowest BCUT2D eigenvalue weighted by Crippen LogP contribution is -1.87. The summed E-state index contributed by atoms with van der Waals surface area (Å²) < 4.78 is 1.10. The molecule has 0 saturated carbocycles. The average Bonchev–Trinajstić information content (AvgIpc) is 2.63. The van der Waals surface area contributed by atoms with Crippen molar-refractivity contribution in [2.75, 3.05) is 0 Å². The number of halogens is 1. The first kappa shape index (κ1) is 7.88. The molecule has 0 fully saturated rings. The SMILES string of the molecule is Brc1csc(Cc2nn[nH]n2)c1. The highest BCUT2D eigenvalue weighted by Gasteiger charge is 2.02. The van der Waals surface area contributed by atoms with Gasteiger partial charge in [0.1, 0.15) is 0 Å². The van der Waals surface area contributed by atoms with E-state index >= 15 is 0 Å². The summed E-state index contributed by atoms with van der Waals surface area (Å²) in [5, 5.41) is 15.7. The number of H-pyrrole nitrogens is 1. The summed E-state index contributed by atoms with van der Waals surface area (Å²) in [6.07, 6.45) is 0.743. The van der Waals surface area contributed by atoms with Gasteiger partial charge < -0.3 is 0 Å². The first-order chi connectivity index (χ1) is 5.84. The number of rotatable bonds is 2. The number of thiophene rings is 1. The van der Waals surface area contributed by atoms with Gasteiger partial charge in [-0.05, 0) is 22.0 Å². The maximum atomic E-state index is 3.86. The van der Waals surface area contributed by atoms with Crippen LogP contribution in [0.5, 0.6) is 0 Å². The van der Waals surface area contributed by atoms with Crippen molar-refractivity contribution in [3.8, 4) is 0 Å². The largest absolute Gasteiger partial charge is 0.179 e. The lowest BCUT2D eigenvalue weighted by atomic mass is 10.3. The first-order valence-electron chi connectivity index (χ1n) is 3.30. The number of hydrogen-bond donors (Lipinski definition) is 1. The number of hydrogen-bond acceptors (Lipinski definition) is 4. The number of nitrogens with one attached hydrogen (secondary N) is 1. The van der Waals surface area contributed by atoms with Gasteiger partial charge in [-0.15, -0.1) is 21.5 Å². The molecule has 0 aliphatic carbocycles. The standard InChI is InChI=1S/C6H5BrN4S/c7-4-1-5(12-3-4)2-6-8-10-11-9-6/h1,3H,2H2,(H,8,9,10,11). The van der Waals surface area contributed by atoms with Crippen molar-refractivity contribution in [1.29, 1.82) is 0 Å². The van der Waals surface area contributed by atoms with Crippen LogP contribution in [0.2, 0.25) is 0 Å². The second kappa shape index (κ2) is 3.32. The molecule has 0 aliphatic heterocycles. The Balaban J connectivity index is 2.14. The normalized spacial score (nSPS) is 10.4. The van der Waals surface area contributed by atoms with Crippen LogP contribution in [-0.2, 0) is 6.42 Å². The third kappa shape index (κ3) is 1.70. The van der Waals surface area contributed by atoms with E-state index in [2.05, 4.69) is 42.6 Å². The van der Waals surface area contributed by atoms with E-state index in [1.807, 2.05) is 5.38 Å². The summed E-state index contributed by atoms with van der Waals surface area (Å²) in [5.74, 6) is 0.726. The quantitative estimate of drug-likeness (QED) is 0.874. The summed E-state index contributed by atoms with van der Waals surface area (Å²) in [5.41, 5.74) is 0. The molecular weight excluding hydrogens is 240 g/mol. The Morgan fingerprint density at radius 3 is 3.08 bits per heavy atom. The molecule has 6 heteroatoms. The van der Waals surface area contributed by atoms with E-state index in [-0.39, 0.29) is 0 Å². The second-order valence-corrected chi connectivity index (χ2v) is 4.15. The summed E-state index contributed by atoms with van der Waals surface area (Å²) in [7, 11) is 0. The van der Waals surface area contributed by atoms with Crippen LogP contribution >= 0.6 is 27.3 Å². The molecular formula is C6H5BrN4S. The molecule has 2 rings (SSSR count). The summed E-state index contributed by atoms with van der Waals surface area (Å²) in [6, 6.07) is 2.06. The lowest BCUT2D eigenvalue weighted by Gasteiger charge is -1.86. The predicted molar refractivity (Wildman–Crippen MR) is 49.0 cm³/mol. The molecule has 2 aromatic rings. The van der Waals surface area contributed by atoms with E-state index in [9.17, 15) is 0 Å². The molecule has 1 N–H and O–H groups in total. The molecule has 0 atom stereocenters. The highest BCUT2D eigenvalue weighted by atomic mass is 79.9. The van der Waals surface area contributed by atoms with E-state index in [0.717, 1.165) is 16.7 Å². The zero-order valence-corrected chi connectivity index (χ0v) is 8.39. The molecule has 0 aromatic carbocycles. The van der Waals surface area contributed by atoms with Crippen molar-refractivity contribution in [1.82, 2.24) is 20.6 Å². The number of tetrazole rings is 1. The second-order valence-electron chi connectivity index (χ2n) is 2.24. The molecule has 0 unspecified atom stereocenters. The van der Waals surface area contributed by atoms with Gasteiger partial charge in [0.25, 0.3) is 0 Å². The smallest absolute Gasteiger partial charge is 0.177 e. The minimum atomic E-state index is 0.726. The molecule has 12 heavy (non-hydrogen) atoms. The van der Waals surface area contributed by atoms with Crippen molar-refractivity contribution in [3.05, 3.63) is 26.6 Å². The minimum absolute atomic E-state index is 0.726. The molecule has 0 bridgehead atoms. The average molecular weight is 245 g/mol. The molecule has 2 heterocycles. The Bertz CT molecular complexity index is 355. The third-order valence-corrected chi connectivity index (χ3v) is 3.04. The van der Waals surface area contributed by atoms with E-state index in [0.29, 0.717) is 0 Å².